The van der Waals surface area contributed by atoms with Gasteiger partial charge in [0, 0.05) is 7.11 Å². The van der Waals surface area contributed by atoms with Gasteiger partial charge in [-0.3, -0.25) is 0 Å². The quantitative estimate of drug-likeness (QED) is 0.768. The van der Waals surface area contributed by atoms with Gasteiger partial charge in [-0.25, -0.2) is 0 Å². The lowest BCUT2D eigenvalue weighted by Crippen LogP contribution is -2.03. The molecular weight excluding hydrogens is 238 g/mol. The molecule has 2 aromatic carbocycles. The van der Waals surface area contributed by atoms with Crippen LogP contribution in [-0.2, 0) is 4.74 Å². The van der Waals surface area contributed by atoms with Crippen molar-refractivity contribution in [2.24, 2.45) is 0 Å². The highest BCUT2D eigenvalue weighted by Crippen LogP contribution is 2.22. The van der Waals surface area contributed by atoms with Crippen molar-refractivity contribution in [2.45, 2.75) is 0 Å². The Morgan fingerprint density at radius 3 is 2.00 bits per heavy atom. The Labute approximate surface area is 113 Å². The van der Waals surface area contributed by atoms with Crippen LogP contribution in [0.25, 0.3) is 11.1 Å². The predicted octanol–water partition coefficient (Wildman–Crippen LogP) is 3.25. The van der Waals surface area contributed by atoms with E-state index in [2.05, 4.69) is 6.07 Å². The molecule has 3 heteroatoms. The summed E-state index contributed by atoms with van der Waals surface area (Å²) in [5, 5.41) is 8.76. The van der Waals surface area contributed by atoms with Crippen LogP contribution in [0.4, 0.5) is 0 Å². The largest absolute Gasteiger partial charge is 0.491 e. The van der Waals surface area contributed by atoms with E-state index in [4.69, 9.17) is 14.7 Å². The van der Waals surface area contributed by atoms with Crippen LogP contribution in [0.3, 0.4) is 0 Å². The monoisotopic (exact) mass is 253 g/mol. The van der Waals surface area contributed by atoms with Gasteiger partial charge in [0.25, 0.3) is 0 Å². The van der Waals surface area contributed by atoms with Gasteiger partial charge in [0.2, 0.25) is 0 Å². The van der Waals surface area contributed by atoms with Crippen LogP contribution in [0, 0.1) is 11.3 Å². The van der Waals surface area contributed by atoms with Gasteiger partial charge in [-0.15, -0.1) is 0 Å². The fourth-order valence-electron chi connectivity index (χ4n) is 1.72. The first kappa shape index (κ1) is 13.1. The molecule has 19 heavy (non-hydrogen) atoms. The number of hydrogen-bond acceptors (Lipinski definition) is 3. The summed E-state index contributed by atoms with van der Waals surface area (Å²) >= 11 is 0. The van der Waals surface area contributed by atoms with Gasteiger partial charge in [-0.2, -0.15) is 5.26 Å². The minimum absolute atomic E-state index is 0.548. The van der Waals surface area contributed by atoms with E-state index in [-0.39, 0.29) is 0 Å². The molecule has 2 rings (SSSR count). The summed E-state index contributed by atoms with van der Waals surface area (Å²) < 4.78 is 10.4. The van der Waals surface area contributed by atoms with Crippen molar-refractivity contribution in [3.8, 4) is 22.9 Å². The van der Waals surface area contributed by atoms with E-state index >= 15 is 0 Å². The van der Waals surface area contributed by atoms with Crippen molar-refractivity contribution in [3.05, 3.63) is 54.1 Å². The number of nitriles is 1. The van der Waals surface area contributed by atoms with Gasteiger partial charge >= 0.3 is 0 Å². The molecule has 0 saturated heterocycles. The number of rotatable bonds is 5. The third-order valence-electron chi connectivity index (χ3n) is 2.76. The minimum atomic E-state index is 0.548. The Balaban J connectivity index is 2.07. The van der Waals surface area contributed by atoms with E-state index in [1.165, 1.54) is 0 Å². The first-order valence-corrected chi connectivity index (χ1v) is 6.06. The molecule has 0 bridgehead atoms. The summed E-state index contributed by atoms with van der Waals surface area (Å²) in [5.41, 5.74) is 2.86. The SMILES string of the molecule is COCCOc1ccc(-c2ccc(C#N)cc2)cc1. The van der Waals surface area contributed by atoms with Crippen molar-refractivity contribution < 1.29 is 9.47 Å². The molecule has 96 valence electrons. The lowest BCUT2D eigenvalue weighted by Gasteiger charge is -2.07. The Morgan fingerprint density at radius 2 is 1.47 bits per heavy atom. The zero-order valence-electron chi connectivity index (χ0n) is 10.8. The minimum Gasteiger partial charge on any atom is -0.491 e. The Hall–Kier alpha value is -2.31. The summed E-state index contributed by atoms with van der Waals surface area (Å²) in [7, 11) is 1.65. The fraction of sp³-hybridized carbons (Fsp3) is 0.188. The summed E-state index contributed by atoms with van der Waals surface area (Å²) in [6.07, 6.45) is 0. The van der Waals surface area contributed by atoms with Crippen LogP contribution < -0.4 is 4.74 Å². The summed E-state index contributed by atoms with van der Waals surface area (Å²) in [6, 6.07) is 17.5. The number of ether oxygens (including phenoxy) is 2. The lowest BCUT2D eigenvalue weighted by atomic mass is 10.0. The molecule has 0 amide bonds. The van der Waals surface area contributed by atoms with E-state index in [1.54, 1.807) is 7.11 Å². The molecule has 0 aliphatic rings. The smallest absolute Gasteiger partial charge is 0.119 e. The highest BCUT2D eigenvalue weighted by molar-refractivity contribution is 5.64. The molecule has 0 atom stereocenters. The van der Waals surface area contributed by atoms with Crippen LogP contribution in [-0.4, -0.2) is 20.3 Å². The Kier molecular flexibility index (Phi) is 4.54. The average molecular weight is 253 g/mol. The van der Waals surface area contributed by atoms with E-state index in [1.807, 2.05) is 48.5 Å². The Morgan fingerprint density at radius 1 is 0.895 bits per heavy atom. The molecule has 0 aliphatic carbocycles. The van der Waals surface area contributed by atoms with Gasteiger partial charge in [-0.05, 0) is 35.4 Å². The highest BCUT2D eigenvalue weighted by Gasteiger charge is 1.99. The molecule has 0 saturated carbocycles. The van der Waals surface area contributed by atoms with E-state index < -0.39 is 0 Å². The molecule has 0 fully saturated rings. The molecule has 0 spiro atoms. The maximum absolute atomic E-state index is 8.76. The fourth-order valence-corrected chi connectivity index (χ4v) is 1.72. The third-order valence-corrected chi connectivity index (χ3v) is 2.76. The van der Waals surface area contributed by atoms with Crippen LogP contribution >= 0.6 is 0 Å². The van der Waals surface area contributed by atoms with Gasteiger partial charge in [0.15, 0.2) is 0 Å². The molecule has 0 aromatic heterocycles. The van der Waals surface area contributed by atoms with Gasteiger partial charge in [-0.1, -0.05) is 24.3 Å². The lowest BCUT2D eigenvalue weighted by molar-refractivity contribution is 0.146. The number of methoxy groups -OCH3 is 1. The van der Waals surface area contributed by atoms with Crippen LogP contribution in [0.1, 0.15) is 5.56 Å². The second-order valence-corrected chi connectivity index (χ2v) is 4.05. The molecule has 0 heterocycles. The summed E-state index contributed by atoms with van der Waals surface area (Å²) in [4.78, 5) is 0. The Bertz CT molecular complexity index is 553. The molecule has 0 radical (unpaired) electrons. The molecular formula is C16H15NO2. The van der Waals surface area contributed by atoms with E-state index in [9.17, 15) is 0 Å². The van der Waals surface area contributed by atoms with E-state index in [0.29, 0.717) is 18.8 Å². The topological polar surface area (TPSA) is 42.2 Å². The maximum Gasteiger partial charge on any atom is 0.119 e. The van der Waals surface area contributed by atoms with E-state index in [0.717, 1.165) is 16.9 Å². The normalized spacial score (nSPS) is 9.89. The van der Waals surface area contributed by atoms with Crippen molar-refractivity contribution in [3.63, 3.8) is 0 Å². The molecule has 0 N–H and O–H groups in total. The number of benzene rings is 2. The van der Waals surface area contributed by atoms with Crippen molar-refractivity contribution >= 4 is 0 Å². The molecule has 3 nitrogen and oxygen atoms in total. The second-order valence-electron chi connectivity index (χ2n) is 4.05. The van der Waals surface area contributed by atoms with Gasteiger partial charge in [0.05, 0.1) is 18.2 Å². The highest BCUT2D eigenvalue weighted by atomic mass is 16.5. The predicted molar refractivity (Wildman–Crippen MR) is 74.0 cm³/mol. The first-order valence-electron chi connectivity index (χ1n) is 6.06. The first-order chi connectivity index (χ1) is 9.33. The van der Waals surface area contributed by atoms with Crippen molar-refractivity contribution in [1.82, 2.24) is 0 Å². The number of hydrogen-bond donors (Lipinski definition) is 0. The second kappa shape index (κ2) is 6.58. The third kappa shape index (κ3) is 3.57. The standard InChI is InChI=1S/C16H15NO2/c1-18-10-11-19-16-8-6-15(7-9-16)14-4-2-13(12-17)3-5-14/h2-9H,10-11H2,1H3. The van der Waals surface area contributed by atoms with Gasteiger partial charge in [0.1, 0.15) is 12.4 Å². The van der Waals surface area contributed by atoms with Crippen molar-refractivity contribution in [2.75, 3.05) is 20.3 Å². The van der Waals surface area contributed by atoms with Crippen LogP contribution in [0.2, 0.25) is 0 Å². The van der Waals surface area contributed by atoms with Crippen LogP contribution in [0.15, 0.2) is 48.5 Å². The number of nitrogens with zero attached hydrogens (tertiary/aromatic N) is 1. The molecule has 0 aliphatic heterocycles. The summed E-state index contributed by atoms with van der Waals surface area (Å²) in [6.45, 7) is 1.13. The summed E-state index contributed by atoms with van der Waals surface area (Å²) in [5.74, 6) is 0.828. The van der Waals surface area contributed by atoms with Crippen molar-refractivity contribution in [1.29, 1.82) is 5.26 Å². The molecule has 0 unspecified atom stereocenters. The zero-order chi connectivity index (χ0) is 13.5. The van der Waals surface area contributed by atoms with Gasteiger partial charge < -0.3 is 9.47 Å². The molecule has 2 aromatic rings. The average Bonchev–Trinajstić information content (AvgIpc) is 2.48. The maximum atomic E-state index is 8.76. The zero-order valence-corrected chi connectivity index (χ0v) is 10.8. The van der Waals surface area contributed by atoms with Crippen LogP contribution in [0.5, 0.6) is 5.75 Å².